The van der Waals surface area contributed by atoms with Crippen molar-refractivity contribution in [1.29, 1.82) is 0 Å². The molecule has 0 spiro atoms. The molecule has 0 heterocycles. The lowest BCUT2D eigenvalue weighted by molar-refractivity contribution is -0.159. The highest BCUT2D eigenvalue weighted by atomic mass is 31.1. The van der Waals surface area contributed by atoms with Crippen LogP contribution in [-0.2, 0) is 18.8 Å². The van der Waals surface area contributed by atoms with Crippen molar-refractivity contribution in [2.24, 2.45) is 0 Å². The maximum absolute atomic E-state index is 11.1. The topological polar surface area (TPSA) is 52.6 Å². The first kappa shape index (κ1) is 11.5. The first-order chi connectivity index (χ1) is 5.60. The fourth-order valence-corrected chi connectivity index (χ4v) is 0.989. The van der Waals surface area contributed by atoms with Gasteiger partial charge in [0, 0.05) is 6.61 Å². The standard InChI is InChI=1S/C7H13O4P/c1-4-10-6(8)7(3,12-9)11-5-2/h4-5H2,1-3H3. The van der Waals surface area contributed by atoms with E-state index in [1.165, 1.54) is 6.92 Å². The molecule has 0 saturated carbocycles. The maximum atomic E-state index is 11.1. The van der Waals surface area contributed by atoms with Crippen molar-refractivity contribution in [3.05, 3.63) is 0 Å². The average Bonchev–Trinajstić information content (AvgIpc) is 2.05. The molecule has 0 aromatic rings. The van der Waals surface area contributed by atoms with E-state index in [9.17, 15) is 9.36 Å². The minimum absolute atomic E-state index is 0.261. The van der Waals surface area contributed by atoms with Crippen LogP contribution in [0.3, 0.4) is 0 Å². The summed E-state index contributed by atoms with van der Waals surface area (Å²) >= 11 is 0. The normalized spacial score (nSPS) is 15.6. The van der Waals surface area contributed by atoms with E-state index < -0.39 is 11.3 Å². The van der Waals surface area contributed by atoms with Gasteiger partial charge in [-0.1, -0.05) is 0 Å². The van der Waals surface area contributed by atoms with Gasteiger partial charge in [0.15, 0.2) is 0 Å². The zero-order valence-electron chi connectivity index (χ0n) is 7.49. The van der Waals surface area contributed by atoms with Gasteiger partial charge in [-0.2, -0.15) is 0 Å². The third-order valence-corrected chi connectivity index (χ3v) is 1.91. The first-order valence-corrected chi connectivity index (χ1v) is 4.57. The summed E-state index contributed by atoms with van der Waals surface area (Å²) in [6, 6.07) is 0. The van der Waals surface area contributed by atoms with Crippen LogP contribution in [0.1, 0.15) is 20.8 Å². The number of hydrogen-bond donors (Lipinski definition) is 0. The number of esters is 1. The Kier molecular flexibility index (Phi) is 5.02. The summed E-state index contributed by atoms with van der Waals surface area (Å²) < 4.78 is 20.3. The van der Waals surface area contributed by atoms with Crippen LogP contribution in [0.15, 0.2) is 0 Å². The minimum atomic E-state index is -1.34. The number of carbonyl (C=O) groups is 1. The van der Waals surface area contributed by atoms with Crippen molar-refractivity contribution in [3.8, 4) is 0 Å². The van der Waals surface area contributed by atoms with Crippen LogP contribution >= 0.6 is 8.46 Å². The fourth-order valence-electron chi connectivity index (χ4n) is 0.669. The number of rotatable bonds is 5. The van der Waals surface area contributed by atoms with Gasteiger partial charge < -0.3 is 9.47 Å². The second kappa shape index (κ2) is 5.22. The molecule has 0 bridgehead atoms. The second-order valence-electron chi connectivity index (χ2n) is 2.23. The Hall–Kier alpha value is -0.470. The molecule has 0 amide bonds. The van der Waals surface area contributed by atoms with E-state index in [1.807, 2.05) is 0 Å². The van der Waals surface area contributed by atoms with Crippen LogP contribution < -0.4 is 0 Å². The Balaban J connectivity index is 4.28. The van der Waals surface area contributed by atoms with Crippen molar-refractivity contribution in [3.63, 3.8) is 0 Å². The summed E-state index contributed by atoms with van der Waals surface area (Å²) in [4.78, 5) is 11.1. The van der Waals surface area contributed by atoms with Crippen LogP contribution in [0, 0.1) is 0 Å². The maximum Gasteiger partial charge on any atom is 0.350 e. The molecular formula is C7H13O4P. The number of ether oxygens (including phenoxy) is 2. The minimum Gasteiger partial charge on any atom is -0.463 e. The summed E-state index contributed by atoms with van der Waals surface area (Å²) in [5.74, 6) is -0.594. The molecule has 70 valence electrons. The molecule has 0 rings (SSSR count). The van der Waals surface area contributed by atoms with Crippen LogP contribution in [0.25, 0.3) is 0 Å². The van der Waals surface area contributed by atoms with E-state index in [1.54, 1.807) is 13.8 Å². The number of hydrogen-bond acceptors (Lipinski definition) is 4. The quantitative estimate of drug-likeness (QED) is 0.490. The van der Waals surface area contributed by atoms with Gasteiger partial charge >= 0.3 is 5.97 Å². The highest BCUT2D eigenvalue weighted by Gasteiger charge is 2.36. The molecular weight excluding hydrogens is 179 g/mol. The predicted octanol–water partition coefficient (Wildman–Crippen LogP) is 1.59. The van der Waals surface area contributed by atoms with Crippen LogP contribution in [0.5, 0.6) is 0 Å². The van der Waals surface area contributed by atoms with E-state index in [2.05, 4.69) is 4.74 Å². The Labute approximate surface area is 73.4 Å². The van der Waals surface area contributed by atoms with Gasteiger partial charge in [-0.25, -0.2) is 4.79 Å². The van der Waals surface area contributed by atoms with Gasteiger partial charge in [0.25, 0.3) is 0 Å². The molecule has 5 heteroatoms. The molecule has 0 radical (unpaired) electrons. The van der Waals surface area contributed by atoms with E-state index in [0.717, 1.165) is 0 Å². The van der Waals surface area contributed by atoms with Gasteiger partial charge in [-0.15, -0.1) is 0 Å². The third-order valence-electron chi connectivity index (χ3n) is 1.25. The van der Waals surface area contributed by atoms with Crippen LogP contribution in [0.2, 0.25) is 0 Å². The van der Waals surface area contributed by atoms with Gasteiger partial charge in [0.1, 0.15) is 0 Å². The van der Waals surface area contributed by atoms with Crippen molar-refractivity contribution >= 4 is 14.4 Å². The predicted molar refractivity (Wildman–Crippen MR) is 44.3 cm³/mol. The van der Waals surface area contributed by atoms with Gasteiger partial charge in [-0.3, -0.25) is 4.57 Å². The lowest BCUT2D eigenvalue weighted by Crippen LogP contribution is -2.34. The van der Waals surface area contributed by atoms with Crippen LogP contribution in [-0.4, -0.2) is 24.5 Å². The van der Waals surface area contributed by atoms with E-state index in [4.69, 9.17) is 4.74 Å². The molecule has 0 aliphatic carbocycles. The average molecular weight is 192 g/mol. The summed E-state index contributed by atoms with van der Waals surface area (Å²) in [6.07, 6.45) is 0. The highest BCUT2D eigenvalue weighted by Crippen LogP contribution is 2.25. The summed E-state index contributed by atoms with van der Waals surface area (Å²) in [5, 5.41) is -1.34. The Morgan fingerprint density at radius 3 is 2.33 bits per heavy atom. The summed E-state index contributed by atoms with van der Waals surface area (Å²) in [6.45, 7) is 5.43. The highest BCUT2D eigenvalue weighted by molar-refractivity contribution is 7.27. The molecule has 0 saturated heterocycles. The zero-order chi connectivity index (χ0) is 9.61. The van der Waals surface area contributed by atoms with E-state index >= 15 is 0 Å². The Bertz CT molecular complexity index is 171. The van der Waals surface area contributed by atoms with Gasteiger partial charge in [-0.05, 0) is 20.8 Å². The molecule has 0 aliphatic rings. The Morgan fingerprint density at radius 2 is 2.00 bits per heavy atom. The molecule has 0 N–H and O–H groups in total. The molecule has 1 atom stereocenters. The molecule has 1 unspecified atom stereocenters. The molecule has 4 nitrogen and oxygen atoms in total. The fraction of sp³-hybridized carbons (Fsp3) is 0.857. The van der Waals surface area contributed by atoms with Gasteiger partial charge in [0.2, 0.25) is 13.8 Å². The zero-order valence-corrected chi connectivity index (χ0v) is 8.39. The monoisotopic (exact) mass is 192 g/mol. The largest absolute Gasteiger partial charge is 0.463 e. The van der Waals surface area contributed by atoms with E-state index in [0.29, 0.717) is 6.61 Å². The van der Waals surface area contributed by atoms with Crippen molar-refractivity contribution < 1.29 is 18.8 Å². The summed E-state index contributed by atoms with van der Waals surface area (Å²) in [5.41, 5.74) is 0. The first-order valence-electron chi connectivity index (χ1n) is 3.76. The number of carbonyl (C=O) groups excluding carboxylic acids is 1. The molecule has 0 aromatic heterocycles. The lowest BCUT2D eigenvalue weighted by Gasteiger charge is -2.18. The summed E-state index contributed by atoms with van der Waals surface area (Å²) in [7, 11) is -0.375. The second-order valence-corrected chi connectivity index (χ2v) is 3.26. The smallest absolute Gasteiger partial charge is 0.350 e. The van der Waals surface area contributed by atoms with Crippen LogP contribution in [0.4, 0.5) is 0 Å². The lowest BCUT2D eigenvalue weighted by atomic mass is 10.4. The molecule has 0 aromatic carbocycles. The van der Waals surface area contributed by atoms with Gasteiger partial charge in [0.05, 0.1) is 6.61 Å². The van der Waals surface area contributed by atoms with Crippen molar-refractivity contribution in [1.82, 2.24) is 0 Å². The molecule has 12 heavy (non-hydrogen) atoms. The third kappa shape index (κ3) is 2.88. The van der Waals surface area contributed by atoms with Crippen molar-refractivity contribution in [2.75, 3.05) is 13.2 Å². The molecule has 0 fully saturated rings. The van der Waals surface area contributed by atoms with E-state index in [-0.39, 0.29) is 15.1 Å². The van der Waals surface area contributed by atoms with Crippen molar-refractivity contribution in [2.45, 2.75) is 26.1 Å². The Morgan fingerprint density at radius 1 is 1.42 bits per heavy atom. The SMILES string of the molecule is CCOC(=O)C(C)(OCC)P=O. The molecule has 0 aliphatic heterocycles.